The van der Waals surface area contributed by atoms with Crippen LogP contribution in [-0.2, 0) is 19.1 Å². The Kier molecular flexibility index (Phi) is 8.19. The lowest BCUT2D eigenvalue weighted by atomic mass is 9.95. The van der Waals surface area contributed by atoms with Crippen molar-refractivity contribution in [1.29, 1.82) is 0 Å². The van der Waals surface area contributed by atoms with E-state index in [2.05, 4.69) is 10.6 Å². The molecule has 0 saturated heterocycles. The number of hydrogen-bond donors (Lipinski definition) is 2. The molecule has 1 aromatic rings. The van der Waals surface area contributed by atoms with Crippen LogP contribution in [0.1, 0.15) is 44.9 Å². The number of nitrogens with one attached hydrogen (secondary N) is 2. The Morgan fingerprint density at radius 2 is 1.77 bits per heavy atom. The van der Waals surface area contributed by atoms with Gasteiger partial charge in [-0.15, -0.1) is 0 Å². The Morgan fingerprint density at radius 1 is 1.04 bits per heavy atom. The summed E-state index contributed by atoms with van der Waals surface area (Å²) in [6.07, 6.45) is 5.43. The van der Waals surface area contributed by atoms with Crippen LogP contribution in [-0.4, -0.2) is 30.4 Å². The highest BCUT2D eigenvalue weighted by Crippen LogP contribution is 2.25. The Balaban J connectivity index is 1.64. The summed E-state index contributed by atoms with van der Waals surface area (Å²) in [5.74, 6) is -1.28. The topological polar surface area (TPSA) is 84.5 Å². The highest BCUT2D eigenvalue weighted by atomic mass is 35.5. The van der Waals surface area contributed by atoms with Crippen LogP contribution in [0, 0.1) is 0 Å². The zero-order valence-corrected chi connectivity index (χ0v) is 15.9. The third-order valence-corrected chi connectivity index (χ3v) is 4.64. The van der Waals surface area contributed by atoms with Crippen molar-refractivity contribution in [2.45, 2.75) is 51.0 Å². The number of carbonyl (C=O) groups excluding carboxylic acids is 3. The SMILES string of the molecule is O=C(COC(=O)CCC(=O)NC1CCCCC1)Nc1ccc(Cl)cc1Cl. The van der Waals surface area contributed by atoms with Gasteiger partial charge in [0.25, 0.3) is 5.91 Å². The van der Waals surface area contributed by atoms with Crippen LogP contribution in [0.4, 0.5) is 5.69 Å². The molecule has 0 heterocycles. The van der Waals surface area contributed by atoms with E-state index in [0.717, 1.165) is 25.7 Å². The highest BCUT2D eigenvalue weighted by Gasteiger charge is 2.17. The molecule has 0 bridgehead atoms. The van der Waals surface area contributed by atoms with Gasteiger partial charge in [0.1, 0.15) is 0 Å². The maximum absolute atomic E-state index is 11.8. The predicted octanol–water partition coefficient (Wildman–Crippen LogP) is 3.70. The third kappa shape index (κ3) is 7.22. The molecule has 0 unspecified atom stereocenters. The van der Waals surface area contributed by atoms with Gasteiger partial charge < -0.3 is 15.4 Å². The van der Waals surface area contributed by atoms with Gasteiger partial charge in [-0.1, -0.05) is 42.5 Å². The number of esters is 1. The molecule has 6 nitrogen and oxygen atoms in total. The van der Waals surface area contributed by atoms with Crippen molar-refractivity contribution in [3.05, 3.63) is 28.2 Å². The number of ether oxygens (including phenoxy) is 1. The van der Waals surface area contributed by atoms with E-state index >= 15 is 0 Å². The number of halogens is 2. The molecule has 0 atom stereocenters. The molecule has 1 saturated carbocycles. The zero-order chi connectivity index (χ0) is 18.9. The second-order valence-electron chi connectivity index (χ2n) is 6.24. The van der Waals surface area contributed by atoms with E-state index < -0.39 is 18.5 Å². The molecule has 1 fully saturated rings. The first-order chi connectivity index (χ1) is 12.4. The summed E-state index contributed by atoms with van der Waals surface area (Å²) in [5, 5.41) is 6.20. The first kappa shape index (κ1) is 20.5. The molecule has 1 aromatic carbocycles. The van der Waals surface area contributed by atoms with Gasteiger partial charge in [0.05, 0.1) is 17.1 Å². The maximum Gasteiger partial charge on any atom is 0.306 e. The minimum absolute atomic E-state index is 0.0555. The van der Waals surface area contributed by atoms with Crippen LogP contribution in [0.5, 0.6) is 0 Å². The summed E-state index contributed by atoms with van der Waals surface area (Å²) in [5.41, 5.74) is 0.379. The average molecular weight is 401 g/mol. The van der Waals surface area contributed by atoms with E-state index in [1.54, 1.807) is 12.1 Å². The molecule has 0 radical (unpaired) electrons. The second kappa shape index (κ2) is 10.4. The molecule has 0 aromatic heterocycles. The van der Waals surface area contributed by atoms with Crippen molar-refractivity contribution in [3.8, 4) is 0 Å². The van der Waals surface area contributed by atoms with Crippen LogP contribution in [0.3, 0.4) is 0 Å². The Hall–Kier alpha value is -1.79. The number of benzene rings is 1. The Labute approximate surface area is 162 Å². The van der Waals surface area contributed by atoms with Crippen molar-refractivity contribution >= 4 is 46.7 Å². The fraction of sp³-hybridized carbons (Fsp3) is 0.500. The van der Waals surface area contributed by atoms with E-state index in [0.29, 0.717) is 10.7 Å². The standard InChI is InChI=1S/C18H22Cl2N2O4/c19-12-6-7-15(14(20)10-12)22-17(24)11-26-18(25)9-8-16(23)21-13-4-2-1-3-5-13/h6-7,10,13H,1-5,8-9,11H2,(H,21,23)(H,22,24). The van der Waals surface area contributed by atoms with Gasteiger partial charge in [-0.25, -0.2) is 0 Å². The molecule has 1 aliphatic carbocycles. The number of hydrogen-bond acceptors (Lipinski definition) is 4. The lowest BCUT2D eigenvalue weighted by Gasteiger charge is -2.22. The fourth-order valence-corrected chi connectivity index (χ4v) is 3.21. The molecular weight excluding hydrogens is 379 g/mol. The number of rotatable bonds is 7. The molecule has 1 aliphatic rings. The van der Waals surface area contributed by atoms with Crippen LogP contribution < -0.4 is 10.6 Å². The minimum atomic E-state index is -0.596. The molecule has 142 valence electrons. The molecule has 0 spiro atoms. The molecule has 2 N–H and O–H groups in total. The third-order valence-electron chi connectivity index (χ3n) is 4.10. The summed E-state index contributed by atoms with van der Waals surface area (Å²) in [6, 6.07) is 4.84. The molecule has 8 heteroatoms. The largest absolute Gasteiger partial charge is 0.456 e. The number of amides is 2. The summed E-state index contributed by atoms with van der Waals surface area (Å²) in [6.45, 7) is -0.442. The predicted molar refractivity (Wildman–Crippen MR) is 100 cm³/mol. The van der Waals surface area contributed by atoms with Crippen molar-refractivity contribution in [2.75, 3.05) is 11.9 Å². The fourth-order valence-electron chi connectivity index (χ4n) is 2.76. The molecule has 2 amide bonds. The van der Waals surface area contributed by atoms with E-state index in [9.17, 15) is 14.4 Å². The van der Waals surface area contributed by atoms with Gasteiger partial charge in [-0.05, 0) is 31.0 Å². The summed E-state index contributed by atoms with van der Waals surface area (Å²) >= 11 is 11.7. The average Bonchev–Trinajstić information content (AvgIpc) is 2.61. The van der Waals surface area contributed by atoms with E-state index in [1.807, 2.05) is 0 Å². The summed E-state index contributed by atoms with van der Waals surface area (Å²) in [4.78, 5) is 35.3. The van der Waals surface area contributed by atoms with Crippen LogP contribution in [0.15, 0.2) is 18.2 Å². The monoisotopic (exact) mass is 400 g/mol. The summed E-state index contributed by atoms with van der Waals surface area (Å²) < 4.78 is 4.88. The van der Waals surface area contributed by atoms with Crippen LogP contribution in [0.25, 0.3) is 0 Å². The smallest absolute Gasteiger partial charge is 0.306 e. The first-order valence-corrected chi connectivity index (χ1v) is 9.39. The van der Waals surface area contributed by atoms with Crippen LogP contribution in [0.2, 0.25) is 10.0 Å². The van der Waals surface area contributed by atoms with Crippen molar-refractivity contribution in [3.63, 3.8) is 0 Å². The minimum Gasteiger partial charge on any atom is -0.456 e. The van der Waals surface area contributed by atoms with Gasteiger partial charge in [0, 0.05) is 17.5 Å². The number of anilines is 1. The van der Waals surface area contributed by atoms with Crippen LogP contribution >= 0.6 is 23.2 Å². The second-order valence-corrected chi connectivity index (χ2v) is 7.08. The highest BCUT2D eigenvalue weighted by molar-refractivity contribution is 6.36. The Bertz CT molecular complexity index is 661. The molecule has 0 aliphatic heterocycles. The number of carbonyl (C=O) groups is 3. The van der Waals surface area contributed by atoms with E-state index in [4.69, 9.17) is 27.9 Å². The van der Waals surface area contributed by atoms with Gasteiger partial charge >= 0.3 is 5.97 Å². The van der Waals surface area contributed by atoms with E-state index in [1.165, 1.54) is 12.5 Å². The first-order valence-electron chi connectivity index (χ1n) is 8.64. The van der Waals surface area contributed by atoms with Gasteiger partial charge in [0.15, 0.2) is 6.61 Å². The quantitative estimate of drug-likeness (QED) is 0.683. The lowest BCUT2D eigenvalue weighted by molar-refractivity contribution is -0.148. The van der Waals surface area contributed by atoms with Gasteiger partial charge in [0.2, 0.25) is 5.91 Å². The van der Waals surface area contributed by atoms with Crippen molar-refractivity contribution in [2.24, 2.45) is 0 Å². The maximum atomic E-state index is 11.8. The molecule has 26 heavy (non-hydrogen) atoms. The lowest BCUT2D eigenvalue weighted by Crippen LogP contribution is -2.36. The molecular formula is C18H22Cl2N2O4. The Morgan fingerprint density at radius 3 is 2.46 bits per heavy atom. The zero-order valence-electron chi connectivity index (χ0n) is 14.4. The normalized spacial score (nSPS) is 14.5. The van der Waals surface area contributed by atoms with E-state index in [-0.39, 0.29) is 29.8 Å². The van der Waals surface area contributed by atoms with Gasteiger partial charge in [-0.3, -0.25) is 14.4 Å². The van der Waals surface area contributed by atoms with Crippen molar-refractivity contribution in [1.82, 2.24) is 5.32 Å². The molecule has 2 rings (SSSR count). The van der Waals surface area contributed by atoms with Crippen molar-refractivity contribution < 1.29 is 19.1 Å². The van der Waals surface area contributed by atoms with Gasteiger partial charge in [-0.2, -0.15) is 0 Å². The summed E-state index contributed by atoms with van der Waals surface area (Å²) in [7, 11) is 0.